The Balaban J connectivity index is 0.00000225. The summed E-state index contributed by atoms with van der Waals surface area (Å²) in [5, 5.41) is 0. The van der Waals surface area contributed by atoms with E-state index in [9.17, 15) is 13.2 Å². The number of hydrogen-bond donors (Lipinski definition) is 1. The molecule has 0 spiro atoms. The average molecular weight is 256 g/mol. The van der Waals surface area contributed by atoms with Gasteiger partial charge in [0, 0.05) is 18.0 Å². The predicted octanol–water partition coefficient (Wildman–Crippen LogP) is 2.91. The Morgan fingerprint density at radius 1 is 1.38 bits per heavy atom. The molecule has 0 aromatic heterocycles. The lowest BCUT2D eigenvalue weighted by molar-refractivity contribution is 0.128. The summed E-state index contributed by atoms with van der Waals surface area (Å²) in [6.45, 7) is 0. The van der Waals surface area contributed by atoms with E-state index in [1.165, 1.54) is 19.2 Å². The minimum Gasteiger partial charge on any atom is -0.496 e. The summed E-state index contributed by atoms with van der Waals surface area (Å²) < 4.78 is 42.0. The monoisotopic (exact) mass is 255 g/mol. The fourth-order valence-electron chi connectivity index (χ4n) is 1.31. The van der Waals surface area contributed by atoms with Crippen LogP contribution < -0.4 is 10.5 Å². The molecule has 6 heteroatoms. The van der Waals surface area contributed by atoms with Crippen LogP contribution in [0.2, 0.25) is 0 Å². The van der Waals surface area contributed by atoms with Crippen LogP contribution in [0.25, 0.3) is 0 Å². The number of methoxy groups -OCH3 is 1. The Kier molecular flexibility index (Phi) is 6.21. The van der Waals surface area contributed by atoms with Crippen LogP contribution in [-0.2, 0) is 0 Å². The van der Waals surface area contributed by atoms with E-state index in [0.29, 0.717) is 5.75 Å². The molecule has 0 aliphatic carbocycles. The van der Waals surface area contributed by atoms with E-state index in [2.05, 4.69) is 0 Å². The summed E-state index contributed by atoms with van der Waals surface area (Å²) in [6.07, 6.45) is -3.03. The highest BCUT2D eigenvalue weighted by Gasteiger charge is 2.17. The third-order valence-corrected chi connectivity index (χ3v) is 2.02. The fourth-order valence-corrected chi connectivity index (χ4v) is 1.31. The molecular formula is C10H13ClF3NO. The zero-order chi connectivity index (χ0) is 11.4. The van der Waals surface area contributed by atoms with Crippen molar-refractivity contribution in [2.75, 3.05) is 7.11 Å². The normalized spacial score (nSPS) is 12.1. The number of nitrogens with two attached hydrogens (primary N) is 1. The van der Waals surface area contributed by atoms with Gasteiger partial charge in [0.05, 0.1) is 7.11 Å². The maximum Gasteiger partial charge on any atom is 0.240 e. The topological polar surface area (TPSA) is 35.2 Å². The minimum absolute atomic E-state index is 0. The van der Waals surface area contributed by atoms with E-state index in [1.807, 2.05) is 0 Å². The number of ether oxygens (including phenoxy) is 1. The van der Waals surface area contributed by atoms with Crippen LogP contribution in [0.4, 0.5) is 13.2 Å². The molecule has 0 saturated carbocycles. The third kappa shape index (κ3) is 3.90. The van der Waals surface area contributed by atoms with Gasteiger partial charge in [-0.15, -0.1) is 12.4 Å². The van der Waals surface area contributed by atoms with E-state index in [0.717, 1.165) is 6.07 Å². The lowest BCUT2D eigenvalue weighted by Gasteiger charge is -2.15. The summed E-state index contributed by atoms with van der Waals surface area (Å²) >= 11 is 0. The first-order chi connectivity index (χ1) is 7.04. The summed E-state index contributed by atoms with van der Waals surface area (Å²) in [6, 6.07) is 2.76. The van der Waals surface area contributed by atoms with E-state index in [-0.39, 0.29) is 18.0 Å². The van der Waals surface area contributed by atoms with Crippen molar-refractivity contribution in [2.24, 2.45) is 5.73 Å². The summed E-state index contributed by atoms with van der Waals surface area (Å²) in [4.78, 5) is 0. The zero-order valence-corrected chi connectivity index (χ0v) is 9.44. The van der Waals surface area contributed by atoms with Gasteiger partial charge in [0.15, 0.2) is 0 Å². The lowest BCUT2D eigenvalue weighted by atomic mass is 10.0. The largest absolute Gasteiger partial charge is 0.496 e. The first-order valence-electron chi connectivity index (χ1n) is 4.41. The smallest absolute Gasteiger partial charge is 0.240 e. The van der Waals surface area contributed by atoms with Crippen LogP contribution in [-0.4, -0.2) is 13.5 Å². The molecule has 1 aromatic rings. The van der Waals surface area contributed by atoms with Gasteiger partial charge in [-0.1, -0.05) is 0 Å². The van der Waals surface area contributed by atoms with E-state index in [4.69, 9.17) is 10.5 Å². The van der Waals surface area contributed by atoms with Crippen molar-refractivity contribution in [3.63, 3.8) is 0 Å². The average Bonchev–Trinajstić information content (AvgIpc) is 2.16. The fraction of sp³-hybridized carbons (Fsp3) is 0.400. The second-order valence-electron chi connectivity index (χ2n) is 3.12. The van der Waals surface area contributed by atoms with Gasteiger partial charge in [-0.3, -0.25) is 0 Å². The molecule has 0 aliphatic rings. The van der Waals surface area contributed by atoms with Crippen LogP contribution in [0.3, 0.4) is 0 Å². The molecule has 0 amide bonds. The second kappa shape index (κ2) is 6.60. The predicted molar refractivity (Wildman–Crippen MR) is 57.7 cm³/mol. The molecule has 0 heterocycles. The number of rotatable bonds is 4. The quantitative estimate of drug-likeness (QED) is 0.898. The Labute approximate surface area is 98.0 Å². The molecule has 2 nitrogen and oxygen atoms in total. The van der Waals surface area contributed by atoms with E-state index < -0.39 is 24.7 Å². The van der Waals surface area contributed by atoms with Crippen LogP contribution in [0.1, 0.15) is 18.0 Å². The van der Waals surface area contributed by atoms with Crippen LogP contribution in [0, 0.1) is 5.82 Å². The molecule has 0 unspecified atom stereocenters. The van der Waals surface area contributed by atoms with Crippen LogP contribution >= 0.6 is 12.4 Å². The molecular weight excluding hydrogens is 243 g/mol. The first kappa shape index (κ1) is 15.1. The highest BCUT2D eigenvalue weighted by molar-refractivity contribution is 5.85. The lowest BCUT2D eigenvalue weighted by Crippen LogP contribution is -2.15. The van der Waals surface area contributed by atoms with Gasteiger partial charge in [-0.2, -0.15) is 0 Å². The Morgan fingerprint density at radius 2 is 2.00 bits per heavy atom. The van der Waals surface area contributed by atoms with Gasteiger partial charge >= 0.3 is 0 Å². The van der Waals surface area contributed by atoms with Crippen molar-refractivity contribution in [1.82, 2.24) is 0 Å². The minimum atomic E-state index is -2.52. The standard InChI is InChI=1S/C10H12F3NO.ClH/c1-15-9-3-2-6(11)4-7(9)8(14)5-10(12)13;/h2-4,8,10H,5,14H2,1H3;1H/t8-;/m1./s1. The Bertz CT molecular complexity index is 336. The van der Waals surface area contributed by atoms with Gasteiger partial charge in [-0.25, -0.2) is 13.2 Å². The second-order valence-corrected chi connectivity index (χ2v) is 3.12. The maximum absolute atomic E-state index is 12.9. The van der Waals surface area contributed by atoms with Gasteiger partial charge in [0.1, 0.15) is 11.6 Å². The number of benzene rings is 1. The maximum atomic E-state index is 12.9. The molecule has 1 rings (SSSR count). The van der Waals surface area contributed by atoms with Gasteiger partial charge in [-0.05, 0) is 18.2 Å². The van der Waals surface area contributed by atoms with Crippen LogP contribution in [0.5, 0.6) is 5.75 Å². The molecule has 16 heavy (non-hydrogen) atoms. The molecule has 0 bridgehead atoms. The molecule has 0 saturated heterocycles. The van der Waals surface area contributed by atoms with Gasteiger partial charge in [0.2, 0.25) is 6.43 Å². The summed E-state index contributed by atoms with van der Waals surface area (Å²) in [5.41, 5.74) is 5.78. The Hall–Kier alpha value is -0.940. The summed E-state index contributed by atoms with van der Waals surface area (Å²) in [7, 11) is 1.38. The molecule has 2 N–H and O–H groups in total. The third-order valence-electron chi connectivity index (χ3n) is 2.02. The van der Waals surface area contributed by atoms with Gasteiger partial charge < -0.3 is 10.5 Å². The van der Waals surface area contributed by atoms with Crippen molar-refractivity contribution >= 4 is 12.4 Å². The molecule has 1 atom stereocenters. The van der Waals surface area contributed by atoms with E-state index >= 15 is 0 Å². The molecule has 0 radical (unpaired) electrons. The van der Waals surface area contributed by atoms with Crippen molar-refractivity contribution in [2.45, 2.75) is 18.9 Å². The van der Waals surface area contributed by atoms with Crippen molar-refractivity contribution in [3.05, 3.63) is 29.6 Å². The van der Waals surface area contributed by atoms with Crippen molar-refractivity contribution < 1.29 is 17.9 Å². The number of hydrogen-bond acceptors (Lipinski definition) is 2. The molecule has 0 fully saturated rings. The molecule has 1 aromatic carbocycles. The first-order valence-corrected chi connectivity index (χ1v) is 4.41. The molecule has 92 valence electrons. The van der Waals surface area contributed by atoms with Crippen LogP contribution in [0.15, 0.2) is 18.2 Å². The number of alkyl halides is 2. The highest BCUT2D eigenvalue weighted by Crippen LogP contribution is 2.27. The van der Waals surface area contributed by atoms with Crippen molar-refractivity contribution in [3.8, 4) is 5.75 Å². The molecule has 0 aliphatic heterocycles. The zero-order valence-electron chi connectivity index (χ0n) is 8.62. The Morgan fingerprint density at radius 3 is 2.50 bits per heavy atom. The summed E-state index contributed by atoms with van der Waals surface area (Å²) in [5.74, 6) is -0.194. The highest BCUT2D eigenvalue weighted by atomic mass is 35.5. The van der Waals surface area contributed by atoms with Crippen molar-refractivity contribution in [1.29, 1.82) is 0 Å². The SMILES string of the molecule is COc1ccc(F)cc1[C@H](N)CC(F)F.Cl. The number of halogens is 4. The van der Waals surface area contributed by atoms with E-state index in [1.54, 1.807) is 0 Å². The van der Waals surface area contributed by atoms with Gasteiger partial charge in [0.25, 0.3) is 0 Å².